The number of carbonyl (C=O) groups excluding carboxylic acids is 1. The lowest BCUT2D eigenvalue weighted by Gasteiger charge is -2.24. The molecule has 23 heavy (non-hydrogen) atoms. The fourth-order valence-electron chi connectivity index (χ4n) is 3.65. The third kappa shape index (κ3) is 2.57. The van der Waals surface area contributed by atoms with E-state index in [4.69, 9.17) is 4.74 Å². The molecule has 2 aromatic rings. The Morgan fingerprint density at radius 3 is 3.04 bits per heavy atom. The van der Waals surface area contributed by atoms with Crippen molar-refractivity contribution in [2.75, 3.05) is 36.5 Å². The zero-order valence-electron chi connectivity index (χ0n) is 13.1. The SMILES string of the molecule is COc1cccc(N2CC3(CCN(c4nccs4)C3)CC2=O)c1. The van der Waals surface area contributed by atoms with Crippen LogP contribution in [0.25, 0.3) is 0 Å². The summed E-state index contributed by atoms with van der Waals surface area (Å²) in [6.07, 6.45) is 3.50. The Labute approximate surface area is 139 Å². The van der Waals surface area contributed by atoms with Gasteiger partial charge in [-0.05, 0) is 18.6 Å². The number of methoxy groups -OCH3 is 1. The minimum atomic E-state index is 0.0475. The zero-order valence-corrected chi connectivity index (χ0v) is 13.9. The van der Waals surface area contributed by atoms with Gasteiger partial charge in [-0.3, -0.25) is 4.79 Å². The van der Waals surface area contributed by atoms with Gasteiger partial charge < -0.3 is 14.5 Å². The van der Waals surface area contributed by atoms with Gasteiger partial charge in [0.05, 0.1) is 7.11 Å². The highest BCUT2D eigenvalue weighted by molar-refractivity contribution is 7.13. The number of aromatic nitrogens is 1. The minimum Gasteiger partial charge on any atom is -0.497 e. The molecule has 1 spiro atoms. The van der Waals surface area contributed by atoms with Crippen LogP contribution in [-0.4, -0.2) is 37.6 Å². The standard InChI is InChI=1S/C17H19N3O2S/c1-22-14-4-2-3-13(9-14)20-12-17(10-15(20)21)5-7-19(11-17)16-18-6-8-23-16/h2-4,6,8-9H,5,7,10-12H2,1H3. The van der Waals surface area contributed by atoms with E-state index in [1.54, 1.807) is 18.4 Å². The summed E-state index contributed by atoms with van der Waals surface area (Å²) in [6, 6.07) is 7.75. The Morgan fingerprint density at radius 1 is 1.35 bits per heavy atom. The van der Waals surface area contributed by atoms with E-state index in [0.29, 0.717) is 6.42 Å². The van der Waals surface area contributed by atoms with Crippen LogP contribution in [0.3, 0.4) is 0 Å². The van der Waals surface area contributed by atoms with Crippen LogP contribution in [0.4, 0.5) is 10.8 Å². The average Bonchev–Trinajstić information content (AvgIpc) is 3.28. The molecule has 1 aromatic heterocycles. The number of anilines is 2. The number of nitrogens with zero attached hydrogens (tertiary/aromatic N) is 3. The lowest BCUT2D eigenvalue weighted by molar-refractivity contribution is -0.117. The minimum absolute atomic E-state index is 0.0475. The molecule has 3 heterocycles. The molecule has 1 amide bonds. The summed E-state index contributed by atoms with van der Waals surface area (Å²) in [7, 11) is 1.65. The first-order valence-corrected chi connectivity index (χ1v) is 8.66. The third-order valence-electron chi connectivity index (χ3n) is 4.81. The molecule has 2 fully saturated rings. The van der Waals surface area contributed by atoms with Gasteiger partial charge in [-0.15, -0.1) is 11.3 Å². The molecule has 6 heteroatoms. The maximum absolute atomic E-state index is 12.6. The Kier molecular flexibility index (Phi) is 3.49. The molecule has 0 saturated carbocycles. The number of hydrogen-bond donors (Lipinski definition) is 0. The Balaban J connectivity index is 1.54. The lowest BCUT2D eigenvalue weighted by Crippen LogP contribution is -2.31. The van der Waals surface area contributed by atoms with E-state index in [1.165, 1.54) is 0 Å². The molecule has 0 aliphatic carbocycles. The average molecular weight is 329 g/mol. The quantitative estimate of drug-likeness (QED) is 0.869. The van der Waals surface area contributed by atoms with E-state index in [1.807, 2.05) is 40.7 Å². The molecule has 5 nitrogen and oxygen atoms in total. The molecular formula is C17H19N3O2S. The second kappa shape index (κ2) is 5.53. The Morgan fingerprint density at radius 2 is 2.26 bits per heavy atom. The fraction of sp³-hybridized carbons (Fsp3) is 0.412. The molecule has 120 valence electrons. The summed E-state index contributed by atoms with van der Waals surface area (Å²) in [6.45, 7) is 2.67. The van der Waals surface area contributed by atoms with Crippen molar-refractivity contribution in [3.05, 3.63) is 35.8 Å². The maximum Gasteiger partial charge on any atom is 0.227 e. The van der Waals surface area contributed by atoms with Crippen LogP contribution in [0.1, 0.15) is 12.8 Å². The summed E-state index contributed by atoms with van der Waals surface area (Å²) in [5.41, 5.74) is 0.977. The van der Waals surface area contributed by atoms with E-state index in [-0.39, 0.29) is 11.3 Å². The summed E-state index contributed by atoms with van der Waals surface area (Å²) in [4.78, 5) is 21.2. The van der Waals surface area contributed by atoms with E-state index in [9.17, 15) is 4.79 Å². The van der Waals surface area contributed by atoms with Crippen molar-refractivity contribution in [3.8, 4) is 5.75 Å². The molecule has 2 aliphatic heterocycles. The number of thiazole rings is 1. The van der Waals surface area contributed by atoms with Crippen LogP contribution < -0.4 is 14.5 Å². The first-order chi connectivity index (χ1) is 11.2. The van der Waals surface area contributed by atoms with Gasteiger partial charge in [0.25, 0.3) is 0 Å². The summed E-state index contributed by atoms with van der Waals surface area (Å²) >= 11 is 1.66. The van der Waals surface area contributed by atoms with Crippen LogP contribution in [0.2, 0.25) is 0 Å². The molecule has 1 unspecified atom stereocenters. The second-order valence-corrected chi connectivity index (χ2v) is 7.22. The molecular weight excluding hydrogens is 310 g/mol. The Hall–Kier alpha value is -2.08. The molecule has 1 atom stereocenters. The van der Waals surface area contributed by atoms with E-state index in [2.05, 4.69) is 9.88 Å². The van der Waals surface area contributed by atoms with E-state index in [0.717, 1.165) is 42.6 Å². The van der Waals surface area contributed by atoms with Gasteiger partial charge in [0.2, 0.25) is 5.91 Å². The van der Waals surface area contributed by atoms with Gasteiger partial charge in [0.1, 0.15) is 5.75 Å². The smallest absolute Gasteiger partial charge is 0.227 e. The normalized spacial score (nSPS) is 24.0. The van der Waals surface area contributed by atoms with Crippen molar-refractivity contribution in [2.24, 2.45) is 5.41 Å². The number of carbonyl (C=O) groups is 1. The number of hydrogen-bond acceptors (Lipinski definition) is 5. The number of rotatable bonds is 3. The second-order valence-electron chi connectivity index (χ2n) is 6.34. The molecule has 2 saturated heterocycles. The summed E-state index contributed by atoms with van der Waals surface area (Å²) < 4.78 is 5.28. The largest absolute Gasteiger partial charge is 0.497 e. The van der Waals surface area contributed by atoms with Crippen LogP contribution in [0, 0.1) is 5.41 Å². The van der Waals surface area contributed by atoms with Crippen molar-refractivity contribution in [1.82, 2.24) is 4.98 Å². The summed E-state index contributed by atoms with van der Waals surface area (Å²) in [5.74, 6) is 0.992. The molecule has 0 N–H and O–H groups in total. The number of ether oxygens (including phenoxy) is 1. The predicted molar refractivity (Wildman–Crippen MR) is 91.3 cm³/mol. The van der Waals surface area contributed by atoms with Crippen molar-refractivity contribution < 1.29 is 9.53 Å². The van der Waals surface area contributed by atoms with E-state index < -0.39 is 0 Å². The number of amides is 1. The van der Waals surface area contributed by atoms with Gasteiger partial charge in [0.15, 0.2) is 5.13 Å². The summed E-state index contributed by atoms with van der Waals surface area (Å²) in [5, 5.41) is 3.07. The van der Waals surface area contributed by atoms with Crippen molar-refractivity contribution >= 4 is 28.1 Å². The third-order valence-corrected chi connectivity index (χ3v) is 5.65. The number of benzene rings is 1. The van der Waals surface area contributed by atoms with Gasteiger partial charge in [0, 0.05) is 54.8 Å². The molecule has 0 radical (unpaired) electrons. The van der Waals surface area contributed by atoms with Crippen LogP contribution in [0.5, 0.6) is 5.75 Å². The van der Waals surface area contributed by atoms with Crippen molar-refractivity contribution in [2.45, 2.75) is 12.8 Å². The first kappa shape index (κ1) is 14.5. The molecule has 0 bridgehead atoms. The Bertz CT molecular complexity index is 718. The van der Waals surface area contributed by atoms with Crippen LogP contribution in [-0.2, 0) is 4.79 Å². The van der Waals surface area contributed by atoms with Crippen molar-refractivity contribution in [3.63, 3.8) is 0 Å². The lowest BCUT2D eigenvalue weighted by atomic mass is 9.86. The molecule has 2 aliphatic rings. The van der Waals surface area contributed by atoms with Gasteiger partial charge in [-0.25, -0.2) is 4.98 Å². The monoisotopic (exact) mass is 329 g/mol. The highest BCUT2D eigenvalue weighted by atomic mass is 32.1. The first-order valence-electron chi connectivity index (χ1n) is 7.78. The van der Waals surface area contributed by atoms with Crippen LogP contribution in [0.15, 0.2) is 35.8 Å². The van der Waals surface area contributed by atoms with Gasteiger partial charge in [-0.1, -0.05) is 6.07 Å². The fourth-order valence-corrected chi connectivity index (χ4v) is 4.32. The van der Waals surface area contributed by atoms with Gasteiger partial charge in [-0.2, -0.15) is 0 Å². The van der Waals surface area contributed by atoms with Crippen molar-refractivity contribution in [1.29, 1.82) is 0 Å². The highest BCUT2D eigenvalue weighted by Crippen LogP contribution is 2.43. The topological polar surface area (TPSA) is 45.7 Å². The zero-order chi connectivity index (χ0) is 15.9. The van der Waals surface area contributed by atoms with E-state index >= 15 is 0 Å². The highest BCUT2D eigenvalue weighted by Gasteiger charge is 2.48. The maximum atomic E-state index is 12.6. The predicted octanol–water partition coefficient (Wildman–Crippen LogP) is 2.79. The van der Waals surface area contributed by atoms with Crippen LogP contribution >= 0.6 is 11.3 Å². The van der Waals surface area contributed by atoms with Gasteiger partial charge >= 0.3 is 0 Å². The molecule has 4 rings (SSSR count). The molecule has 1 aromatic carbocycles.